The van der Waals surface area contributed by atoms with Gasteiger partial charge in [0, 0.05) is 11.4 Å². The van der Waals surface area contributed by atoms with E-state index in [1.165, 1.54) is 16.5 Å². The molecule has 0 saturated carbocycles. The Hall–Kier alpha value is -1.32. The minimum atomic E-state index is -0.162. The first-order valence-electron chi connectivity index (χ1n) is 6.36. The van der Waals surface area contributed by atoms with Gasteiger partial charge < -0.3 is 5.32 Å². The van der Waals surface area contributed by atoms with Gasteiger partial charge in [-0.15, -0.1) is 11.8 Å². The number of halogens is 1. The van der Waals surface area contributed by atoms with Crippen LogP contribution in [-0.4, -0.2) is 12.8 Å². The van der Waals surface area contributed by atoms with Gasteiger partial charge in [0.25, 0.3) is 0 Å². The highest BCUT2D eigenvalue weighted by atomic mass is 32.2. The van der Waals surface area contributed by atoms with Crippen molar-refractivity contribution in [3.63, 3.8) is 0 Å². The Labute approximate surface area is 118 Å². The van der Waals surface area contributed by atoms with E-state index in [1.54, 1.807) is 23.9 Å². The van der Waals surface area contributed by atoms with Gasteiger partial charge in [-0.3, -0.25) is 0 Å². The van der Waals surface area contributed by atoms with Crippen LogP contribution < -0.4 is 5.32 Å². The third-order valence-electron chi connectivity index (χ3n) is 2.97. The maximum atomic E-state index is 13.0. The number of benzene rings is 2. The molecule has 0 aliphatic heterocycles. The first-order chi connectivity index (χ1) is 9.28. The smallest absolute Gasteiger partial charge is 0.123 e. The largest absolute Gasteiger partial charge is 0.312 e. The molecule has 0 heterocycles. The van der Waals surface area contributed by atoms with Crippen molar-refractivity contribution >= 4 is 11.8 Å². The first kappa shape index (κ1) is 14.1. The molecule has 2 aromatic carbocycles. The quantitative estimate of drug-likeness (QED) is 0.634. The molecule has 0 fully saturated rings. The average molecular weight is 275 g/mol. The minimum absolute atomic E-state index is 0.162. The Morgan fingerprint density at radius 3 is 2.53 bits per heavy atom. The van der Waals surface area contributed by atoms with Crippen molar-refractivity contribution in [2.24, 2.45) is 0 Å². The predicted octanol–water partition coefficient (Wildman–Crippen LogP) is 3.88. The number of thioether (sulfide) groups is 1. The van der Waals surface area contributed by atoms with Crippen molar-refractivity contribution in [1.29, 1.82) is 0 Å². The van der Waals surface area contributed by atoms with Crippen LogP contribution in [0.25, 0.3) is 0 Å². The van der Waals surface area contributed by atoms with Gasteiger partial charge in [0.15, 0.2) is 0 Å². The van der Waals surface area contributed by atoms with Gasteiger partial charge in [0.05, 0.1) is 0 Å². The zero-order chi connectivity index (χ0) is 13.5. The second-order valence-electron chi connectivity index (χ2n) is 4.40. The van der Waals surface area contributed by atoms with Crippen LogP contribution in [0.3, 0.4) is 0 Å². The zero-order valence-corrected chi connectivity index (χ0v) is 11.8. The standard InChI is InChI=1S/C16H18FNS/c1-19-16-7-5-14(6-8-16)12-18-10-9-13-3-2-4-15(17)11-13/h2-8,11,18H,9-10,12H2,1H3. The number of rotatable bonds is 6. The van der Waals surface area contributed by atoms with Gasteiger partial charge in [-0.2, -0.15) is 0 Å². The maximum Gasteiger partial charge on any atom is 0.123 e. The van der Waals surface area contributed by atoms with Gasteiger partial charge >= 0.3 is 0 Å². The Bertz CT molecular complexity index is 510. The summed E-state index contributed by atoms with van der Waals surface area (Å²) in [4.78, 5) is 1.28. The highest BCUT2D eigenvalue weighted by Gasteiger charge is 1.96. The highest BCUT2D eigenvalue weighted by molar-refractivity contribution is 7.98. The Balaban J connectivity index is 1.74. The molecular formula is C16H18FNS. The summed E-state index contributed by atoms with van der Waals surface area (Å²) in [6.07, 6.45) is 2.92. The number of hydrogen-bond donors (Lipinski definition) is 1. The van der Waals surface area contributed by atoms with E-state index in [9.17, 15) is 4.39 Å². The van der Waals surface area contributed by atoms with E-state index in [4.69, 9.17) is 0 Å². The zero-order valence-electron chi connectivity index (χ0n) is 11.0. The average Bonchev–Trinajstić information content (AvgIpc) is 2.44. The van der Waals surface area contributed by atoms with Gasteiger partial charge in [0.1, 0.15) is 5.82 Å². The van der Waals surface area contributed by atoms with E-state index in [0.29, 0.717) is 0 Å². The van der Waals surface area contributed by atoms with E-state index in [-0.39, 0.29) is 5.82 Å². The van der Waals surface area contributed by atoms with E-state index in [0.717, 1.165) is 25.1 Å². The molecule has 1 nitrogen and oxygen atoms in total. The summed E-state index contributed by atoms with van der Waals surface area (Å²) >= 11 is 1.75. The molecule has 2 aromatic rings. The van der Waals surface area contributed by atoms with Gasteiger partial charge in [-0.05, 0) is 54.6 Å². The molecule has 0 aliphatic carbocycles. The fraction of sp³-hybridized carbons (Fsp3) is 0.250. The normalized spacial score (nSPS) is 10.6. The van der Waals surface area contributed by atoms with E-state index < -0.39 is 0 Å². The van der Waals surface area contributed by atoms with Crippen LogP contribution in [0.2, 0.25) is 0 Å². The Morgan fingerprint density at radius 2 is 1.84 bits per heavy atom. The summed E-state index contributed by atoms with van der Waals surface area (Å²) in [6, 6.07) is 15.3. The summed E-state index contributed by atoms with van der Waals surface area (Å²) in [5.74, 6) is -0.162. The molecule has 0 bridgehead atoms. The van der Waals surface area contributed by atoms with Crippen molar-refractivity contribution in [3.8, 4) is 0 Å². The molecule has 0 aromatic heterocycles. The molecular weight excluding hydrogens is 257 g/mol. The number of nitrogens with one attached hydrogen (secondary N) is 1. The van der Waals surface area contributed by atoms with Crippen LogP contribution in [0.15, 0.2) is 53.4 Å². The molecule has 100 valence electrons. The Morgan fingerprint density at radius 1 is 1.05 bits per heavy atom. The molecule has 19 heavy (non-hydrogen) atoms. The molecule has 3 heteroatoms. The van der Waals surface area contributed by atoms with Gasteiger partial charge in [0.2, 0.25) is 0 Å². The summed E-state index contributed by atoms with van der Waals surface area (Å²) in [5.41, 5.74) is 2.31. The molecule has 0 amide bonds. The predicted molar refractivity (Wildman–Crippen MR) is 80.0 cm³/mol. The third-order valence-corrected chi connectivity index (χ3v) is 3.71. The highest BCUT2D eigenvalue weighted by Crippen LogP contribution is 2.14. The lowest BCUT2D eigenvalue weighted by molar-refractivity contribution is 0.622. The molecule has 0 spiro atoms. The topological polar surface area (TPSA) is 12.0 Å². The maximum absolute atomic E-state index is 13.0. The monoisotopic (exact) mass is 275 g/mol. The Kier molecular flexibility index (Phi) is 5.43. The van der Waals surface area contributed by atoms with Crippen LogP contribution in [0.5, 0.6) is 0 Å². The molecule has 0 radical (unpaired) electrons. The summed E-state index contributed by atoms with van der Waals surface area (Å²) < 4.78 is 13.0. The fourth-order valence-electron chi connectivity index (χ4n) is 1.90. The van der Waals surface area contributed by atoms with E-state index in [1.807, 2.05) is 6.07 Å². The lowest BCUT2D eigenvalue weighted by Gasteiger charge is -2.06. The molecule has 2 rings (SSSR count). The second-order valence-corrected chi connectivity index (χ2v) is 5.28. The van der Waals surface area contributed by atoms with Crippen LogP contribution in [0.4, 0.5) is 4.39 Å². The first-order valence-corrected chi connectivity index (χ1v) is 7.58. The van der Waals surface area contributed by atoms with Crippen molar-refractivity contribution in [2.45, 2.75) is 17.9 Å². The van der Waals surface area contributed by atoms with Crippen molar-refractivity contribution < 1.29 is 4.39 Å². The molecule has 0 saturated heterocycles. The van der Waals surface area contributed by atoms with Crippen molar-refractivity contribution in [3.05, 3.63) is 65.5 Å². The second kappa shape index (κ2) is 7.31. The SMILES string of the molecule is CSc1ccc(CNCCc2cccc(F)c2)cc1. The van der Waals surface area contributed by atoms with Gasteiger partial charge in [-0.25, -0.2) is 4.39 Å². The van der Waals surface area contributed by atoms with Gasteiger partial charge in [-0.1, -0.05) is 24.3 Å². The fourth-order valence-corrected chi connectivity index (χ4v) is 2.31. The van der Waals surface area contributed by atoms with Crippen molar-refractivity contribution in [1.82, 2.24) is 5.32 Å². The van der Waals surface area contributed by atoms with E-state index in [2.05, 4.69) is 35.8 Å². The van der Waals surface area contributed by atoms with Crippen LogP contribution >= 0.6 is 11.8 Å². The van der Waals surface area contributed by atoms with Crippen molar-refractivity contribution in [2.75, 3.05) is 12.8 Å². The summed E-state index contributed by atoms with van der Waals surface area (Å²) in [5, 5.41) is 3.38. The van der Waals surface area contributed by atoms with Crippen LogP contribution in [-0.2, 0) is 13.0 Å². The lowest BCUT2D eigenvalue weighted by atomic mass is 10.1. The minimum Gasteiger partial charge on any atom is -0.312 e. The third kappa shape index (κ3) is 4.69. The van der Waals surface area contributed by atoms with Crippen LogP contribution in [0.1, 0.15) is 11.1 Å². The molecule has 0 aliphatic rings. The number of hydrogen-bond acceptors (Lipinski definition) is 2. The summed E-state index contributed by atoms with van der Waals surface area (Å²) in [6.45, 7) is 1.71. The lowest BCUT2D eigenvalue weighted by Crippen LogP contribution is -2.16. The van der Waals surface area contributed by atoms with E-state index >= 15 is 0 Å². The summed E-state index contributed by atoms with van der Waals surface area (Å²) in [7, 11) is 0. The molecule has 0 atom stereocenters. The van der Waals surface area contributed by atoms with Crippen LogP contribution in [0, 0.1) is 5.82 Å². The molecule has 1 N–H and O–H groups in total. The molecule has 0 unspecified atom stereocenters.